The van der Waals surface area contributed by atoms with Gasteiger partial charge in [-0.15, -0.1) is 0 Å². The van der Waals surface area contributed by atoms with Crippen LogP contribution in [0.25, 0.3) is 0 Å². The smallest absolute Gasteiger partial charge is 0.344 e. The van der Waals surface area contributed by atoms with Crippen LogP contribution in [-0.2, 0) is 27.3 Å². The van der Waals surface area contributed by atoms with E-state index in [1.807, 2.05) is 12.1 Å². The average molecular weight is 315 g/mol. The molecule has 3 rings (SSSR count). The van der Waals surface area contributed by atoms with Crippen LogP contribution in [0.1, 0.15) is 12.0 Å². The standard InChI is InChI=1S/C16H17N3O4/c20-15-5-2-12-10-13(3-4-14(12)18-15)23-11-16(21)22-9-8-19-7-1-6-17-19/h1,3-4,6-7,10H,2,5,8-9,11H2,(H,18,20). The molecule has 2 heterocycles. The molecule has 2 aromatic rings. The first-order valence-corrected chi connectivity index (χ1v) is 7.39. The monoisotopic (exact) mass is 315 g/mol. The Bertz CT molecular complexity index is 697. The van der Waals surface area contributed by atoms with E-state index in [4.69, 9.17) is 9.47 Å². The second-order valence-corrected chi connectivity index (χ2v) is 5.15. The third-order valence-corrected chi connectivity index (χ3v) is 3.47. The Labute approximate surface area is 133 Å². The van der Waals surface area contributed by atoms with Crippen molar-refractivity contribution in [3.63, 3.8) is 0 Å². The van der Waals surface area contributed by atoms with E-state index in [0.29, 0.717) is 25.1 Å². The van der Waals surface area contributed by atoms with Crippen molar-refractivity contribution in [3.8, 4) is 5.75 Å². The minimum absolute atomic E-state index is 0.0203. The average Bonchev–Trinajstić information content (AvgIpc) is 3.06. The molecule has 0 bridgehead atoms. The summed E-state index contributed by atoms with van der Waals surface area (Å²) in [7, 11) is 0. The van der Waals surface area contributed by atoms with Gasteiger partial charge in [0.1, 0.15) is 12.4 Å². The van der Waals surface area contributed by atoms with Crippen molar-refractivity contribution in [2.45, 2.75) is 19.4 Å². The molecule has 1 amide bonds. The number of hydrogen-bond acceptors (Lipinski definition) is 5. The predicted molar refractivity (Wildman–Crippen MR) is 82.1 cm³/mol. The summed E-state index contributed by atoms with van der Waals surface area (Å²) in [5, 5.41) is 6.82. The van der Waals surface area contributed by atoms with Gasteiger partial charge in [0, 0.05) is 24.5 Å². The molecule has 1 aliphatic rings. The van der Waals surface area contributed by atoms with Gasteiger partial charge in [-0.05, 0) is 36.2 Å². The topological polar surface area (TPSA) is 82.5 Å². The zero-order chi connectivity index (χ0) is 16.1. The number of aryl methyl sites for hydroxylation is 1. The van der Waals surface area contributed by atoms with Gasteiger partial charge in [-0.25, -0.2) is 4.79 Å². The van der Waals surface area contributed by atoms with E-state index in [0.717, 1.165) is 11.3 Å². The van der Waals surface area contributed by atoms with E-state index in [9.17, 15) is 9.59 Å². The molecular formula is C16H17N3O4. The van der Waals surface area contributed by atoms with Crippen LogP contribution < -0.4 is 10.1 Å². The molecule has 0 saturated heterocycles. The third-order valence-electron chi connectivity index (χ3n) is 3.47. The maximum absolute atomic E-state index is 11.6. The molecule has 120 valence electrons. The van der Waals surface area contributed by atoms with Gasteiger partial charge in [0.05, 0.1) is 6.54 Å². The molecule has 1 aromatic carbocycles. The van der Waals surface area contributed by atoms with Crippen molar-refractivity contribution in [1.82, 2.24) is 9.78 Å². The Kier molecular flexibility index (Phi) is 4.56. The molecule has 0 saturated carbocycles. The van der Waals surface area contributed by atoms with Gasteiger partial charge in [-0.1, -0.05) is 0 Å². The lowest BCUT2D eigenvalue weighted by Crippen LogP contribution is -2.20. The number of rotatable bonds is 6. The van der Waals surface area contributed by atoms with Crippen LogP contribution in [0.5, 0.6) is 5.75 Å². The number of carbonyl (C=O) groups excluding carboxylic acids is 2. The molecule has 0 atom stereocenters. The minimum Gasteiger partial charge on any atom is -0.482 e. The van der Waals surface area contributed by atoms with Crippen LogP contribution in [0.15, 0.2) is 36.7 Å². The number of nitrogens with one attached hydrogen (secondary N) is 1. The Morgan fingerprint density at radius 3 is 3.09 bits per heavy atom. The number of ether oxygens (including phenoxy) is 2. The van der Waals surface area contributed by atoms with E-state index in [1.54, 1.807) is 29.2 Å². The highest BCUT2D eigenvalue weighted by Gasteiger charge is 2.15. The summed E-state index contributed by atoms with van der Waals surface area (Å²) >= 11 is 0. The van der Waals surface area contributed by atoms with E-state index in [2.05, 4.69) is 10.4 Å². The van der Waals surface area contributed by atoms with Crippen molar-refractivity contribution in [1.29, 1.82) is 0 Å². The number of fused-ring (bicyclic) bond motifs is 1. The molecule has 23 heavy (non-hydrogen) atoms. The van der Waals surface area contributed by atoms with Crippen LogP contribution in [-0.4, -0.2) is 34.9 Å². The van der Waals surface area contributed by atoms with Crippen molar-refractivity contribution < 1.29 is 19.1 Å². The second kappa shape index (κ2) is 6.95. The van der Waals surface area contributed by atoms with Crippen molar-refractivity contribution in [2.75, 3.05) is 18.5 Å². The lowest BCUT2D eigenvalue weighted by atomic mass is 10.0. The summed E-state index contributed by atoms with van der Waals surface area (Å²) < 4.78 is 12.2. The number of amides is 1. The molecule has 7 nitrogen and oxygen atoms in total. The largest absolute Gasteiger partial charge is 0.482 e. The second-order valence-electron chi connectivity index (χ2n) is 5.15. The molecule has 0 fully saturated rings. The quantitative estimate of drug-likeness (QED) is 0.815. The van der Waals surface area contributed by atoms with Crippen molar-refractivity contribution >= 4 is 17.6 Å². The predicted octanol–water partition coefficient (Wildman–Crippen LogP) is 1.39. The van der Waals surface area contributed by atoms with Gasteiger partial charge >= 0.3 is 5.97 Å². The van der Waals surface area contributed by atoms with Crippen LogP contribution in [0, 0.1) is 0 Å². The summed E-state index contributed by atoms with van der Waals surface area (Å²) in [5.74, 6) is 0.180. The lowest BCUT2D eigenvalue weighted by molar-refractivity contribution is -0.146. The first kappa shape index (κ1) is 15.1. The molecule has 0 radical (unpaired) electrons. The molecule has 0 unspecified atom stereocenters. The Hall–Kier alpha value is -2.83. The number of nitrogens with zero attached hydrogens (tertiary/aromatic N) is 2. The molecule has 7 heteroatoms. The fourth-order valence-corrected chi connectivity index (χ4v) is 2.32. The Morgan fingerprint density at radius 1 is 1.35 bits per heavy atom. The summed E-state index contributed by atoms with van der Waals surface area (Å²) in [6, 6.07) is 7.15. The number of aromatic nitrogens is 2. The summed E-state index contributed by atoms with van der Waals surface area (Å²) in [5.41, 5.74) is 1.81. The van der Waals surface area contributed by atoms with Crippen LogP contribution in [0.4, 0.5) is 5.69 Å². The molecular weight excluding hydrogens is 298 g/mol. The van der Waals surface area contributed by atoms with E-state index >= 15 is 0 Å². The Morgan fingerprint density at radius 2 is 2.26 bits per heavy atom. The number of esters is 1. The first-order chi connectivity index (χ1) is 11.2. The Balaban J connectivity index is 1.44. The van der Waals surface area contributed by atoms with Crippen LogP contribution in [0.2, 0.25) is 0 Å². The fraction of sp³-hybridized carbons (Fsp3) is 0.312. The highest BCUT2D eigenvalue weighted by atomic mass is 16.6. The number of hydrogen-bond donors (Lipinski definition) is 1. The van der Waals surface area contributed by atoms with Gasteiger partial charge in [0.2, 0.25) is 5.91 Å². The van der Waals surface area contributed by atoms with Crippen LogP contribution in [0.3, 0.4) is 0 Å². The molecule has 0 spiro atoms. The summed E-state index contributed by atoms with van der Waals surface area (Å²) in [4.78, 5) is 22.9. The van der Waals surface area contributed by atoms with Gasteiger partial charge < -0.3 is 14.8 Å². The number of carbonyl (C=O) groups is 2. The van der Waals surface area contributed by atoms with Gasteiger partial charge in [-0.2, -0.15) is 5.10 Å². The molecule has 1 N–H and O–H groups in total. The zero-order valence-electron chi connectivity index (χ0n) is 12.5. The maximum Gasteiger partial charge on any atom is 0.344 e. The highest BCUT2D eigenvalue weighted by Crippen LogP contribution is 2.26. The third kappa shape index (κ3) is 4.09. The van der Waals surface area contributed by atoms with Crippen molar-refractivity contribution in [3.05, 3.63) is 42.2 Å². The first-order valence-electron chi connectivity index (χ1n) is 7.39. The van der Waals surface area contributed by atoms with Crippen molar-refractivity contribution in [2.24, 2.45) is 0 Å². The number of anilines is 1. The van der Waals surface area contributed by atoms with E-state index in [1.165, 1.54) is 0 Å². The minimum atomic E-state index is -0.428. The highest BCUT2D eigenvalue weighted by molar-refractivity contribution is 5.94. The van der Waals surface area contributed by atoms with Gasteiger partial charge in [-0.3, -0.25) is 9.48 Å². The lowest BCUT2D eigenvalue weighted by Gasteiger charge is -2.17. The SMILES string of the molecule is O=C1CCc2cc(OCC(=O)OCCn3cccn3)ccc2N1. The van der Waals surface area contributed by atoms with Gasteiger partial charge in [0.15, 0.2) is 6.61 Å². The summed E-state index contributed by atoms with van der Waals surface area (Å²) in [6.07, 6.45) is 4.61. The number of benzene rings is 1. The van der Waals surface area contributed by atoms with Gasteiger partial charge in [0.25, 0.3) is 0 Å². The summed E-state index contributed by atoms with van der Waals surface area (Å²) in [6.45, 7) is 0.613. The van der Waals surface area contributed by atoms with E-state index in [-0.39, 0.29) is 19.1 Å². The zero-order valence-corrected chi connectivity index (χ0v) is 12.5. The fourth-order valence-electron chi connectivity index (χ4n) is 2.32. The maximum atomic E-state index is 11.6. The van der Waals surface area contributed by atoms with E-state index < -0.39 is 5.97 Å². The molecule has 1 aliphatic heterocycles. The molecule has 1 aromatic heterocycles. The molecule has 0 aliphatic carbocycles. The van der Waals surface area contributed by atoms with Crippen LogP contribution >= 0.6 is 0 Å². The normalized spacial score (nSPS) is 13.1.